The molecule has 1 atom stereocenters. The number of thioether (sulfide) groups is 1. The number of nitrogens with one attached hydrogen (secondary N) is 1. The summed E-state index contributed by atoms with van der Waals surface area (Å²) in [7, 11) is 0. The molecular formula is C17H25NO2S. The molecule has 0 spiro atoms. The molecule has 1 fully saturated rings. The van der Waals surface area contributed by atoms with Gasteiger partial charge in [-0.3, -0.25) is 5.32 Å². The molecule has 2 rings (SSSR count). The Morgan fingerprint density at radius 1 is 1.33 bits per heavy atom. The van der Waals surface area contributed by atoms with E-state index in [0.29, 0.717) is 11.8 Å². The van der Waals surface area contributed by atoms with Gasteiger partial charge in [-0.15, -0.1) is 0 Å². The standard InChI is InChI=1S/C17H25NO2S/c1-2-3-7-12-21-13-17(16(19)20,18-15-10-11-15)14-8-5-4-6-9-14/h4-6,8-9,15,18H,2-3,7,10-13H2,1H3,(H,19,20). The number of aliphatic carboxylic acids is 1. The van der Waals surface area contributed by atoms with Crippen LogP contribution in [0.4, 0.5) is 0 Å². The number of carbonyl (C=O) groups is 1. The molecule has 1 saturated carbocycles. The molecular weight excluding hydrogens is 282 g/mol. The molecule has 0 radical (unpaired) electrons. The monoisotopic (exact) mass is 307 g/mol. The first-order chi connectivity index (χ1) is 10.2. The second-order valence-electron chi connectivity index (χ2n) is 5.75. The van der Waals surface area contributed by atoms with Gasteiger partial charge in [-0.1, -0.05) is 50.1 Å². The Bertz CT molecular complexity index is 447. The van der Waals surface area contributed by atoms with E-state index in [4.69, 9.17) is 0 Å². The number of unbranched alkanes of at least 4 members (excludes halogenated alkanes) is 2. The summed E-state index contributed by atoms with van der Waals surface area (Å²) in [5, 5.41) is 13.3. The highest BCUT2D eigenvalue weighted by Gasteiger charge is 2.44. The van der Waals surface area contributed by atoms with Crippen LogP contribution in [-0.4, -0.2) is 28.6 Å². The SMILES string of the molecule is CCCCCSCC(NC1CC1)(C(=O)O)c1ccccc1. The smallest absolute Gasteiger partial charge is 0.329 e. The highest BCUT2D eigenvalue weighted by molar-refractivity contribution is 7.99. The van der Waals surface area contributed by atoms with E-state index in [1.165, 1.54) is 12.8 Å². The van der Waals surface area contributed by atoms with Gasteiger partial charge in [0.2, 0.25) is 0 Å². The summed E-state index contributed by atoms with van der Waals surface area (Å²) < 4.78 is 0. The number of carboxylic acid groups (broad SMARTS) is 1. The van der Waals surface area contributed by atoms with Crippen molar-refractivity contribution in [2.45, 2.75) is 50.6 Å². The summed E-state index contributed by atoms with van der Waals surface area (Å²) in [5.74, 6) is 0.859. The summed E-state index contributed by atoms with van der Waals surface area (Å²) in [4.78, 5) is 12.0. The molecule has 21 heavy (non-hydrogen) atoms. The Balaban J connectivity index is 2.09. The van der Waals surface area contributed by atoms with Crippen molar-refractivity contribution < 1.29 is 9.90 Å². The normalized spacial score (nSPS) is 17.4. The number of benzene rings is 1. The Morgan fingerprint density at radius 2 is 2.05 bits per heavy atom. The van der Waals surface area contributed by atoms with Gasteiger partial charge >= 0.3 is 5.97 Å². The van der Waals surface area contributed by atoms with Crippen molar-refractivity contribution in [2.24, 2.45) is 0 Å². The number of hydrogen-bond acceptors (Lipinski definition) is 3. The van der Waals surface area contributed by atoms with Crippen LogP contribution >= 0.6 is 11.8 Å². The van der Waals surface area contributed by atoms with Gasteiger partial charge in [0, 0.05) is 11.8 Å². The molecule has 0 heterocycles. The zero-order valence-electron chi connectivity index (χ0n) is 12.7. The first-order valence-electron chi connectivity index (χ1n) is 7.83. The van der Waals surface area contributed by atoms with Crippen LogP contribution in [0.3, 0.4) is 0 Å². The Labute approximate surface area is 131 Å². The molecule has 1 aliphatic rings. The maximum atomic E-state index is 12.0. The highest BCUT2D eigenvalue weighted by Crippen LogP contribution is 2.32. The van der Waals surface area contributed by atoms with Gasteiger partial charge in [0.1, 0.15) is 0 Å². The molecule has 116 valence electrons. The van der Waals surface area contributed by atoms with Crippen molar-refractivity contribution in [1.82, 2.24) is 5.32 Å². The van der Waals surface area contributed by atoms with Crippen LogP contribution in [0.25, 0.3) is 0 Å². The third-order valence-electron chi connectivity index (χ3n) is 3.87. The number of carboxylic acids is 1. The van der Waals surface area contributed by atoms with E-state index >= 15 is 0 Å². The zero-order valence-corrected chi connectivity index (χ0v) is 13.5. The Morgan fingerprint density at radius 3 is 2.62 bits per heavy atom. The van der Waals surface area contributed by atoms with E-state index in [1.54, 1.807) is 11.8 Å². The maximum Gasteiger partial charge on any atom is 0.329 e. The summed E-state index contributed by atoms with van der Waals surface area (Å²) in [6.07, 6.45) is 5.75. The molecule has 1 aromatic rings. The fraction of sp³-hybridized carbons (Fsp3) is 0.588. The fourth-order valence-corrected chi connectivity index (χ4v) is 3.67. The van der Waals surface area contributed by atoms with Gasteiger partial charge in [-0.2, -0.15) is 11.8 Å². The molecule has 0 aliphatic heterocycles. The third kappa shape index (κ3) is 4.48. The average molecular weight is 307 g/mol. The predicted molar refractivity (Wildman–Crippen MR) is 88.8 cm³/mol. The third-order valence-corrected chi connectivity index (χ3v) is 5.08. The molecule has 1 aliphatic carbocycles. The van der Waals surface area contributed by atoms with Crippen LogP contribution in [0, 0.1) is 0 Å². The average Bonchev–Trinajstić information content (AvgIpc) is 3.30. The summed E-state index contributed by atoms with van der Waals surface area (Å²) in [5.41, 5.74) is -0.0772. The lowest BCUT2D eigenvalue weighted by atomic mass is 9.91. The first kappa shape index (κ1) is 16.4. The van der Waals surface area contributed by atoms with E-state index in [9.17, 15) is 9.90 Å². The second kappa shape index (κ2) is 7.85. The lowest BCUT2D eigenvalue weighted by Crippen LogP contribution is -2.52. The van der Waals surface area contributed by atoms with Crippen LogP contribution in [0.1, 0.15) is 44.6 Å². The van der Waals surface area contributed by atoms with Crippen LogP contribution in [0.15, 0.2) is 30.3 Å². The molecule has 2 N–H and O–H groups in total. The lowest BCUT2D eigenvalue weighted by Gasteiger charge is -2.31. The van der Waals surface area contributed by atoms with E-state index in [0.717, 1.165) is 30.6 Å². The lowest BCUT2D eigenvalue weighted by molar-refractivity contribution is -0.144. The van der Waals surface area contributed by atoms with Crippen molar-refractivity contribution in [1.29, 1.82) is 0 Å². The summed E-state index contributed by atoms with van der Waals surface area (Å²) in [6.45, 7) is 2.19. The van der Waals surface area contributed by atoms with Crippen molar-refractivity contribution in [3.8, 4) is 0 Å². The van der Waals surface area contributed by atoms with Gasteiger partial charge in [0.05, 0.1) is 0 Å². The van der Waals surface area contributed by atoms with Gasteiger partial charge in [-0.05, 0) is 30.6 Å². The summed E-state index contributed by atoms with van der Waals surface area (Å²) in [6, 6.07) is 9.98. The molecule has 4 heteroatoms. The van der Waals surface area contributed by atoms with Crippen molar-refractivity contribution >= 4 is 17.7 Å². The molecule has 0 amide bonds. The molecule has 0 aromatic heterocycles. The van der Waals surface area contributed by atoms with Crippen LogP contribution in [0.5, 0.6) is 0 Å². The highest BCUT2D eigenvalue weighted by atomic mass is 32.2. The van der Waals surface area contributed by atoms with Crippen molar-refractivity contribution in [3.05, 3.63) is 35.9 Å². The first-order valence-corrected chi connectivity index (χ1v) is 8.99. The quantitative estimate of drug-likeness (QED) is 0.648. The molecule has 0 bridgehead atoms. The van der Waals surface area contributed by atoms with Gasteiger partial charge < -0.3 is 5.11 Å². The fourth-order valence-electron chi connectivity index (χ4n) is 2.43. The molecule has 3 nitrogen and oxygen atoms in total. The van der Waals surface area contributed by atoms with Gasteiger partial charge in [-0.25, -0.2) is 4.79 Å². The number of rotatable bonds is 10. The van der Waals surface area contributed by atoms with Crippen molar-refractivity contribution in [3.63, 3.8) is 0 Å². The molecule has 1 aromatic carbocycles. The van der Waals surface area contributed by atoms with Gasteiger partial charge in [0.15, 0.2) is 5.54 Å². The minimum Gasteiger partial charge on any atom is -0.480 e. The topological polar surface area (TPSA) is 49.3 Å². The zero-order chi connectivity index (χ0) is 15.1. The minimum absolute atomic E-state index is 0.359. The van der Waals surface area contributed by atoms with Crippen LogP contribution in [-0.2, 0) is 10.3 Å². The molecule has 1 unspecified atom stereocenters. The van der Waals surface area contributed by atoms with E-state index in [-0.39, 0.29) is 0 Å². The minimum atomic E-state index is -0.945. The maximum absolute atomic E-state index is 12.0. The van der Waals surface area contributed by atoms with E-state index < -0.39 is 11.5 Å². The Kier molecular flexibility index (Phi) is 6.12. The van der Waals surface area contributed by atoms with Crippen molar-refractivity contribution in [2.75, 3.05) is 11.5 Å². The van der Waals surface area contributed by atoms with Gasteiger partial charge in [0.25, 0.3) is 0 Å². The van der Waals surface area contributed by atoms with E-state index in [1.807, 2.05) is 30.3 Å². The van der Waals surface area contributed by atoms with Crippen LogP contribution in [0.2, 0.25) is 0 Å². The predicted octanol–water partition coefficient (Wildman–Crippen LogP) is 3.64. The second-order valence-corrected chi connectivity index (χ2v) is 6.86. The molecule has 0 saturated heterocycles. The number of hydrogen-bond donors (Lipinski definition) is 2. The van der Waals surface area contributed by atoms with E-state index in [2.05, 4.69) is 12.2 Å². The largest absolute Gasteiger partial charge is 0.480 e. The Hall–Kier alpha value is -1.00. The van der Waals surface area contributed by atoms with Crippen LogP contribution < -0.4 is 5.32 Å². The summed E-state index contributed by atoms with van der Waals surface area (Å²) >= 11 is 1.75.